The molecule has 0 heterocycles. The lowest BCUT2D eigenvalue weighted by atomic mass is 10.0. The van der Waals surface area contributed by atoms with Crippen molar-refractivity contribution in [1.82, 2.24) is 0 Å². The highest BCUT2D eigenvalue weighted by Crippen LogP contribution is 2.14. The van der Waals surface area contributed by atoms with E-state index in [1.807, 2.05) is 0 Å². The highest BCUT2D eigenvalue weighted by atomic mass is 16.6. The predicted molar refractivity (Wildman–Crippen MR) is 187 cm³/mol. The number of hydrogen-bond donors (Lipinski definition) is 0. The molecule has 0 saturated carbocycles. The lowest BCUT2D eigenvalue weighted by Gasteiger charge is -2.17. The van der Waals surface area contributed by atoms with Crippen LogP contribution in [0.3, 0.4) is 0 Å². The maximum atomic E-state index is 12.4. The average molecular weight is 635 g/mol. The maximum absolute atomic E-state index is 12.4. The van der Waals surface area contributed by atoms with Crippen LogP contribution in [0.1, 0.15) is 188 Å². The van der Waals surface area contributed by atoms with E-state index in [1.54, 1.807) is 0 Å². The number of hydrogen-bond acceptors (Lipinski definition) is 6. The third kappa shape index (κ3) is 34.6. The molecule has 0 aliphatic carbocycles. The Kier molecular flexibility index (Phi) is 33.1. The summed E-state index contributed by atoms with van der Waals surface area (Å²) in [5, 5.41) is 0. The lowest BCUT2D eigenvalue weighted by molar-refractivity contribution is -0.166. The SMILES string of the molecule is CCCCC/C=C\C/C=C\CCCCCCCC(=O)O[C@@H](COC(C)=O)COC(=O)CCCCCCCCCCCCCCC. The molecule has 0 aromatic carbocycles. The molecule has 45 heavy (non-hydrogen) atoms. The largest absolute Gasteiger partial charge is 0.462 e. The molecule has 262 valence electrons. The number of ether oxygens (including phenoxy) is 3. The summed E-state index contributed by atoms with van der Waals surface area (Å²) in [4.78, 5) is 35.9. The highest BCUT2D eigenvalue weighted by molar-refractivity contribution is 5.70. The Morgan fingerprint density at radius 1 is 0.489 bits per heavy atom. The van der Waals surface area contributed by atoms with E-state index in [1.165, 1.54) is 96.8 Å². The molecule has 0 unspecified atom stereocenters. The summed E-state index contributed by atoms with van der Waals surface area (Å²) in [5.74, 6) is -1.09. The number of unbranched alkanes of at least 4 members (excludes halogenated alkanes) is 20. The number of carbonyl (C=O) groups excluding carboxylic acids is 3. The monoisotopic (exact) mass is 635 g/mol. The van der Waals surface area contributed by atoms with Crippen molar-refractivity contribution in [3.63, 3.8) is 0 Å². The topological polar surface area (TPSA) is 78.9 Å². The summed E-state index contributed by atoms with van der Waals surface area (Å²) >= 11 is 0. The zero-order chi connectivity index (χ0) is 33.1. The van der Waals surface area contributed by atoms with E-state index >= 15 is 0 Å². The van der Waals surface area contributed by atoms with Gasteiger partial charge in [0.2, 0.25) is 0 Å². The Bertz CT molecular complexity index is 744. The summed E-state index contributed by atoms with van der Waals surface area (Å²) in [7, 11) is 0. The van der Waals surface area contributed by atoms with Gasteiger partial charge >= 0.3 is 17.9 Å². The molecule has 1 atom stereocenters. The first-order valence-electron chi connectivity index (χ1n) is 18.8. The molecule has 0 rings (SSSR count). The van der Waals surface area contributed by atoms with Crippen LogP contribution >= 0.6 is 0 Å². The van der Waals surface area contributed by atoms with Gasteiger partial charge < -0.3 is 14.2 Å². The van der Waals surface area contributed by atoms with Gasteiger partial charge in [-0.15, -0.1) is 0 Å². The molecule has 0 fully saturated rings. The summed E-state index contributed by atoms with van der Waals surface area (Å²) in [6, 6.07) is 0. The van der Waals surface area contributed by atoms with Crippen LogP contribution in [0.5, 0.6) is 0 Å². The standard InChI is InChI=1S/C39H70O6/c1-4-6-8-10-12-14-16-18-19-21-23-25-27-29-31-33-39(42)45-37(34-43-36(3)40)35-44-38(41)32-30-28-26-24-22-20-17-15-13-11-9-7-5-2/h12,14,18-19,37H,4-11,13,15-17,20-35H2,1-3H3/b14-12-,19-18-/t37-/m0/s1. The van der Waals surface area contributed by atoms with Crippen LogP contribution in [0.15, 0.2) is 24.3 Å². The second-order valence-electron chi connectivity index (χ2n) is 12.6. The van der Waals surface area contributed by atoms with Crippen molar-refractivity contribution in [3.8, 4) is 0 Å². The third-order valence-corrected chi connectivity index (χ3v) is 8.02. The lowest BCUT2D eigenvalue weighted by Crippen LogP contribution is -2.30. The van der Waals surface area contributed by atoms with E-state index in [-0.39, 0.29) is 25.2 Å². The predicted octanol–water partition coefficient (Wildman–Crippen LogP) is 11.3. The highest BCUT2D eigenvalue weighted by Gasteiger charge is 2.18. The van der Waals surface area contributed by atoms with Crippen LogP contribution in [-0.4, -0.2) is 37.2 Å². The normalized spacial score (nSPS) is 12.2. The fourth-order valence-electron chi connectivity index (χ4n) is 5.20. The van der Waals surface area contributed by atoms with Gasteiger partial charge in [0.15, 0.2) is 6.10 Å². The van der Waals surface area contributed by atoms with Crippen LogP contribution in [0.4, 0.5) is 0 Å². The summed E-state index contributed by atoms with van der Waals surface area (Å²) < 4.78 is 15.9. The first-order chi connectivity index (χ1) is 22.0. The maximum Gasteiger partial charge on any atom is 0.306 e. The third-order valence-electron chi connectivity index (χ3n) is 8.02. The van der Waals surface area contributed by atoms with E-state index in [0.29, 0.717) is 12.8 Å². The molecule has 0 aliphatic rings. The Morgan fingerprint density at radius 3 is 1.40 bits per heavy atom. The van der Waals surface area contributed by atoms with Gasteiger partial charge in [0.1, 0.15) is 13.2 Å². The Hall–Kier alpha value is -2.11. The molecule has 0 aromatic rings. The fraction of sp³-hybridized carbons (Fsp3) is 0.821. The van der Waals surface area contributed by atoms with Crippen LogP contribution in [0.2, 0.25) is 0 Å². The molecular formula is C39H70O6. The van der Waals surface area contributed by atoms with Gasteiger partial charge in [-0.05, 0) is 44.9 Å². The molecule has 6 nitrogen and oxygen atoms in total. The summed E-state index contributed by atoms with van der Waals surface area (Å²) in [6.45, 7) is 5.61. The number of allylic oxidation sites excluding steroid dienone is 4. The van der Waals surface area contributed by atoms with E-state index in [4.69, 9.17) is 14.2 Å². The van der Waals surface area contributed by atoms with Crippen molar-refractivity contribution >= 4 is 17.9 Å². The molecular weight excluding hydrogens is 564 g/mol. The van der Waals surface area contributed by atoms with Crippen molar-refractivity contribution in [2.75, 3.05) is 13.2 Å². The fourth-order valence-corrected chi connectivity index (χ4v) is 5.20. The number of rotatable bonds is 33. The Labute approximate surface area is 277 Å². The summed E-state index contributed by atoms with van der Waals surface area (Å²) in [6.07, 6.45) is 37.6. The molecule has 6 heteroatoms. The molecule has 0 aliphatic heterocycles. The van der Waals surface area contributed by atoms with Crippen LogP contribution < -0.4 is 0 Å². The smallest absolute Gasteiger partial charge is 0.306 e. The van der Waals surface area contributed by atoms with E-state index in [0.717, 1.165) is 64.2 Å². The van der Waals surface area contributed by atoms with Gasteiger partial charge in [-0.1, -0.05) is 147 Å². The minimum absolute atomic E-state index is 0.0849. The van der Waals surface area contributed by atoms with Crippen LogP contribution in [-0.2, 0) is 28.6 Å². The minimum Gasteiger partial charge on any atom is -0.462 e. The van der Waals surface area contributed by atoms with Gasteiger partial charge in [0, 0.05) is 19.8 Å². The zero-order valence-corrected chi connectivity index (χ0v) is 29.6. The van der Waals surface area contributed by atoms with Gasteiger partial charge in [-0.25, -0.2) is 0 Å². The van der Waals surface area contributed by atoms with Crippen LogP contribution in [0.25, 0.3) is 0 Å². The molecule has 0 saturated heterocycles. The van der Waals surface area contributed by atoms with Gasteiger partial charge in [-0.3, -0.25) is 14.4 Å². The van der Waals surface area contributed by atoms with Gasteiger partial charge in [-0.2, -0.15) is 0 Å². The molecule has 0 aromatic heterocycles. The molecule has 0 radical (unpaired) electrons. The second kappa shape index (κ2) is 34.8. The molecule has 0 bridgehead atoms. The van der Waals surface area contributed by atoms with Crippen molar-refractivity contribution in [3.05, 3.63) is 24.3 Å². The molecule has 0 amide bonds. The number of carbonyl (C=O) groups is 3. The van der Waals surface area contributed by atoms with E-state index < -0.39 is 12.1 Å². The van der Waals surface area contributed by atoms with Crippen LogP contribution in [0, 0.1) is 0 Å². The van der Waals surface area contributed by atoms with E-state index in [2.05, 4.69) is 38.2 Å². The van der Waals surface area contributed by atoms with Crippen molar-refractivity contribution in [1.29, 1.82) is 0 Å². The van der Waals surface area contributed by atoms with E-state index in [9.17, 15) is 14.4 Å². The Balaban J connectivity index is 3.89. The molecule has 0 N–H and O–H groups in total. The minimum atomic E-state index is -0.769. The van der Waals surface area contributed by atoms with Gasteiger partial charge in [0.05, 0.1) is 0 Å². The zero-order valence-electron chi connectivity index (χ0n) is 29.6. The first kappa shape index (κ1) is 42.9. The first-order valence-corrected chi connectivity index (χ1v) is 18.8. The summed E-state index contributed by atoms with van der Waals surface area (Å²) in [5.41, 5.74) is 0. The second-order valence-corrected chi connectivity index (χ2v) is 12.6. The van der Waals surface area contributed by atoms with Crippen molar-refractivity contribution < 1.29 is 28.6 Å². The number of esters is 3. The quantitative estimate of drug-likeness (QED) is 0.0309. The molecule has 0 spiro atoms. The van der Waals surface area contributed by atoms with Crippen molar-refractivity contribution in [2.24, 2.45) is 0 Å². The Morgan fingerprint density at radius 2 is 0.889 bits per heavy atom. The van der Waals surface area contributed by atoms with Gasteiger partial charge in [0.25, 0.3) is 0 Å². The van der Waals surface area contributed by atoms with Crippen molar-refractivity contribution in [2.45, 2.75) is 194 Å². The average Bonchev–Trinajstić information content (AvgIpc) is 3.02.